The highest BCUT2D eigenvalue weighted by molar-refractivity contribution is 9.10. The Balaban J connectivity index is 1.70. The van der Waals surface area contributed by atoms with Crippen molar-refractivity contribution < 1.29 is 4.52 Å². The molecule has 6 heteroatoms. The first-order valence-electron chi connectivity index (χ1n) is 6.28. The van der Waals surface area contributed by atoms with Crippen molar-refractivity contribution in [2.75, 3.05) is 5.73 Å². The van der Waals surface area contributed by atoms with Gasteiger partial charge in [-0.1, -0.05) is 51.4 Å². The van der Waals surface area contributed by atoms with Crippen LogP contribution in [-0.2, 0) is 5.75 Å². The Morgan fingerprint density at radius 3 is 2.71 bits per heavy atom. The fourth-order valence-corrected chi connectivity index (χ4v) is 2.97. The average molecular weight is 362 g/mol. The number of aromatic nitrogens is 2. The summed E-state index contributed by atoms with van der Waals surface area (Å²) in [4.78, 5) is 5.39. The lowest BCUT2D eigenvalue weighted by molar-refractivity contribution is 0.391. The van der Waals surface area contributed by atoms with Gasteiger partial charge in [-0.15, -0.1) is 11.8 Å². The molecule has 2 N–H and O–H groups in total. The second-order valence-electron chi connectivity index (χ2n) is 4.35. The Hall–Kier alpha value is -1.79. The molecule has 1 heterocycles. The van der Waals surface area contributed by atoms with Crippen LogP contribution >= 0.6 is 27.7 Å². The fourth-order valence-electron chi connectivity index (χ4n) is 1.81. The quantitative estimate of drug-likeness (QED) is 0.551. The van der Waals surface area contributed by atoms with Crippen molar-refractivity contribution in [1.82, 2.24) is 10.1 Å². The van der Waals surface area contributed by atoms with Crippen LogP contribution in [0.25, 0.3) is 11.4 Å². The van der Waals surface area contributed by atoms with Gasteiger partial charge < -0.3 is 10.3 Å². The van der Waals surface area contributed by atoms with E-state index in [1.807, 2.05) is 48.5 Å². The van der Waals surface area contributed by atoms with E-state index >= 15 is 0 Å². The van der Waals surface area contributed by atoms with Gasteiger partial charge in [0, 0.05) is 20.6 Å². The second kappa shape index (κ2) is 6.32. The summed E-state index contributed by atoms with van der Waals surface area (Å²) in [6.07, 6.45) is 0. The fraction of sp³-hybridized carbons (Fsp3) is 0.0667. The molecule has 1 aromatic heterocycles. The number of benzene rings is 2. The summed E-state index contributed by atoms with van der Waals surface area (Å²) in [5.74, 6) is 1.78. The molecule has 0 spiro atoms. The van der Waals surface area contributed by atoms with Crippen molar-refractivity contribution in [3.8, 4) is 11.4 Å². The topological polar surface area (TPSA) is 64.9 Å². The van der Waals surface area contributed by atoms with Crippen LogP contribution in [0.1, 0.15) is 5.89 Å². The molecule has 0 aliphatic rings. The summed E-state index contributed by atoms with van der Waals surface area (Å²) in [5, 5.41) is 4.00. The maximum Gasteiger partial charge on any atom is 0.237 e. The molecule has 3 rings (SSSR count). The van der Waals surface area contributed by atoms with Gasteiger partial charge in [0.05, 0.1) is 5.75 Å². The highest BCUT2D eigenvalue weighted by Gasteiger charge is 2.09. The van der Waals surface area contributed by atoms with Crippen LogP contribution in [0.2, 0.25) is 0 Å². The van der Waals surface area contributed by atoms with Gasteiger partial charge in [0.25, 0.3) is 0 Å². The standard InChI is InChI=1S/C15H12BrN3OS/c16-11-6-7-13(12(17)8-11)21-9-14-18-15(19-20-14)10-4-2-1-3-5-10/h1-8H,9,17H2. The summed E-state index contributed by atoms with van der Waals surface area (Å²) in [6.45, 7) is 0. The lowest BCUT2D eigenvalue weighted by Gasteiger charge is -2.03. The minimum Gasteiger partial charge on any atom is -0.398 e. The van der Waals surface area contributed by atoms with Crippen LogP contribution in [0.3, 0.4) is 0 Å². The zero-order chi connectivity index (χ0) is 14.7. The SMILES string of the molecule is Nc1cc(Br)ccc1SCc1nc(-c2ccccc2)no1. The van der Waals surface area contributed by atoms with Gasteiger partial charge >= 0.3 is 0 Å². The van der Waals surface area contributed by atoms with E-state index in [0.717, 1.165) is 20.6 Å². The highest BCUT2D eigenvalue weighted by atomic mass is 79.9. The van der Waals surface area contributed by atoms with Gasteiger partial charge in [0.2, 0.25) is 11.7 Å². The third-order valence-electron chi connectivity index (χ3n) is 2.82. The maximum absolute atomic E-state index is 5.96. The minimum absolute atomic E-state index is 0.584. The summed E-state index contributed by atoms with van der Waals surface area (Å²) in [6, 6.07) is 15.6. The number of nitrogens with zero attached hydrogens (tertiary/aromatic N) is 2. The van der Waals surface area contributed by atoms with Gasteiger partial charge in [-0.3, -0.25) is 0 Å². The Kier molecular flexibility index (Phi) is 4.26. The third-order valence-corrected chi connectivity index (χ3v) is 4.39. The predicted octanol–water partition coefficient (Wildman–Crippen LogP) is 4.37. The number of hydrogen-bond acceptors (Lipinski definition) is 5. The molecular formula is C15H12BrN3OS. The van der Waals surface area contributed by atoms with E-state index in [9.17, 15) is 0 Å². The van der Waals surface area contributed by atoms with Crippen molar-refractivity contribution in [2.24, 2.45) is 0 Å². The molecule has 0 bridgehead atoms. The van der Waals surface area contributed by atoms with Crippen LogP contribution in [0, 0.1) is 0 Å². The van der Waals surface area contributed by atoms with Crippen molar-refractivity contribution >= 4 is 33.4 Å². The number of rotatable bonds is 4. The van der Waals surface area contributed by atoms with Crippen LogP contribution in [0.4, 0.5) is 5.69 Å². The first-order valence-corrected chi connectivity index (χ1v) is 8.06. The van der Waals surface area contributed by atoms with Crippen LogP contribution in [0.15, 0.2) is 62.4 Å². The molecule has 0 atom stereocenters. The second-order valence-corrected chi connectivity index (χ2v) is 6.28. The first kappa shape index (κ1) is 14.2. The molecule has 4 nitrogen and oxygen atoms in total. The lowest BCUT2D eigenvalue weighted by atomic mass is 10.2. The number of thioether (sulfide) groups is 1. The molecule has 3 aromatic rings. The zero-order valence-corrected chi connectivity index (χ0v) is 13.4. The molecule has 0 aliphatic carbocycles. The Morgan fingerprint density at radius 1 is 1.14 bits per heavy atom. The largest absolute Gasteiger partial charge is 0.398 e. The first-order chi connectivity index (χ1) is 10.2. The Labute approximate surface area is 134 Å². The van der Waals surface area contributed by atoms with Crippen molar-refractivity contribution in [3.05, 3.63) is 58.9 Å². The molecule has 0 radical (unpaired) electrons. The third kappa shape index (κ3) is 3.46. The van der Waals surface area contributed by atoms with E-state index in [0.29, 0.717) is 17.5 Å². The van der Waals surface area contributed by atoms with Crippen molar-refractivity contribution in [2.45, 2.75) is 10.6 Å². The predicted molar refractivity (Wildman–Crippen MR) is 87.8 cm³/mol. The highest BCUT2D eigenvalue weighted by Crippen LogP contribution is 2.30. The maximum atomic E-state index is 5.96. The normalized spacial score (nSPS) is 10.7. The molecule has 0 saturated carbocycles. The summed E-state index contributed by atoms with van der Waals surface area (Å²) < 4.78 is 6.24. The summed E-state index contributed by atoms with van der Waals surface area (Å²) in [7, 11) is 0. The molecule has 0 fully saturated rings. The Bertz CT molecular complexity index is 746. The van der Waals surface area contributed by atoms with Gasteiger partial charge in [0.1, 0.15) is 0 Å². The van der Waals surface area contributed by atoms with E-state index in [2.05, 4.69) is 26.1 Å². The van der Waals surface area contributed by atoms with Gasteiger partial charge in [-0.05, 0) is 18.2 Å². The van der Waals surface area contributed by atoms with Gasteiger partial charge in [-0.2, -0.15) is 4.98 Å². The number of nitrogens with two attached hydrogens (primary N) is 1. The van der Waals surface area contributed by atoms with Gasteiger partial charge in [-0.25, -0.2) is 0 Å². The molecule has 0 saturated heterocycles. The van der Waals surface area contributed by atoms with E-state index in [1.54, 1.807) is 11.8 Å². The minimum atomic E-state index is 0.584. The smallest absolute Gasteiger partial charge is 0.237 e. The molecular weight excluding hydrogens is 350 g/mol. The average Bonchev–Trinajstić information content (AvgIpc) is 2.96. The molecule has 106 valence electrons. The number of hydrogen-bond donors (Lipinski definition) is 1. The molecule has 21 heavy (non-hydrogen) atoms. The van der Waals surface area contributed by atoms with Crippen LogP contribution < -0.4 is 5.73 Å². The van der Waals surface area contributed by atoms with Crippen molar-refractivity contribution in [3.63, 3.8) is 0 Å². The van der Waals surface area contributed by atoms with E-state index in [4.69, 9.17) is 10.3 Å². The lowest BCUT2D eigenvalue weighted by Crippen LogP contribution is -1.89. The molecule has 0 amide bonds. The summed E-state index contributed by atoms with van der Waals surface area (Å²) >= 11 is 4.97. The van der Waals surface area contributed by atoms with E-state index < -0.39 is 0 Å². The zero-order valence-electron chi connectivity index (χ0n) is 11.0. The number of halogens is 1. The molecule has 0 aliphatic heterocycles. The van der Waals surface area contributed by atoms with Crippen LogP contribution in [-0.4, -0.2) is 10.1 Å². The molecule has 2 aromatic carbocycles. The van der Waals surface area contributed by atoms with Gasteiger partial charge in [0.15, 0.2) is 0 Å². The summed E-state index contributed by atoms with van der Waals surface area (Å²) in [5.41, 5.74) is 7.64. The number of anilines is 1. The Morgan fingerprint density at radius 2 is 1.95 bits per heavy atom. The van der Waals surface area contributed by atoms with Crippen LogP contribution in [0.5, 0.6) is 0 Å². The van der Waals surface area contributed by atoms with E-state index in [-0.39, 0.29) is 0 Å². The molecule has 0 unspecified atom stereocenters. The van der Waals surface area contributed by atoms with E-state index in [1.165, 1.54) is 0 Å². The monoisotopic (exact) mass is 361 g/mol. The van der Waals surface area contributed by atoms with Crippen molar-refractivity contribution in [1.29, 1.82) is 0 Å². The number of nitrogen functional groups attached to an aromatic ring is 1.